The van der Waals surface area contributed by atoms with Gasteiger partial charge in [0, 0.05) is 5.41 Å². The van der Waals surface area contributed by atoms with Gasteiger partial charge in [-0.1, -0.05) is 55.5 Å². The fraction of sp³-hybridized carbons (Fsp3) is 0.267. The van der Waals surface area contributed by atoms with Gasteiger partial charge in [-0.15, -0.1) is 0 Å². The van der Waals surface area contributed by atoms with Gasteiger partial charge >= 0.3 is 5.97 Å². The van der Waals surface area contributed by atoms with E-state index in [-0.39, 0.29) is 11.8 Å². The van der Waals surface area contributed by atoms with Crippen LogP contribution in [0.2, 0.25) is 0 Å². The number of allylic oxidation sites excluding steroid dienone is 4. The molecule has 0 heterocycles. The largest absolute Gasteiger partial charge is 0.481 e. The van der Waals surface area contributed by atoms with Gasteiger partial charge in [0.25, 0.3) is 0 Å². The first kappa shape index (κ1) is 11.6. The standard InChI is InChI=1S/C15H16O2/c1-15(11-14(16)17)10-6-5-9-13(15)12-7-3-2-4-8-12/h2-9H,10-11H2,1H3,(H,16,17). The number of hydrogen-bond donors (Lipinski definition) is 1. The average molecular weight is 228 g/mol. The summed E-state index contributed by atoms with van der Waals surface area (Å²) < 4.78 is 0. The van der Waals surface area contributed by atoms with Crippen LogP contribution in [0.15, 0.2) is 48.6 Å². The first-order chi connectivity index (χ1) is 8.12. The summed E-state index contributed by atoms with van der Waals surface area (Å²) in [4.78, 5) is 11.0. The Balaban J connectivity index is 2.38. The molecule has 1 aliphatic rings. The quantitative estimate of drug-likeness (QED) is 0.859. The first-order valence-electron chi connectivity index (χ1n) is 5.76. The van der Waals surface area contributed by atoms with Crippen molar-refractivity contribution in [1.29, 1.82) is 0 Å². The van der Waals surface area contributed by atoms with Gasteiger partial charge in [-0.05, 0) is 17.6 Å². The molecule has 2 rings (SSSR count). The topological polar surface area (TPSA) is 37.3 Å². The molecule has 0 spiro atoms. The highest BCUT2D eigenvalue weighted by molar-refractivity contribution is 5.78. The lowest BCUT2D eigenvalue weighted by molar-refractivity contribution is -0.138. The van der Waals surface area contributed by atoms with Crippen LogP contribution in [0.3, 0.4) is 0 Å². The van der Waals surface area contributed by atoms with E-state index >= 15 is 0 Å². The van der Waals surface area contributed by atoms with Crippen molar-refractivity contribution in [3.05, 3.63) is 54.1 Å². The molecule has 88 valence electrons. The van der Waals surface area contributed by atoms with E-state index in [1.165, 1.54) is 0 Å². The van der Waals surface area contributed by atoms with E-state index in [1.54, 1.807) is 0 Å². The van der Waals surface area contributed by atoms with Crippen LogP contribution < -0.4 is 0 Å². The van der Waals surface area contributed by atoms with Crippen molar-refractivity contribution >= 4 is 11.5 Å². The highest BCUT2D eigenvalue weighted by Gasteiger charge is 2.32. The number of benzene rings is 1. The Morgan fingerprint density at radius 2 is 2.06 bits per heavy atom. The normalized spacial score (nSPS) is 23.2. The SMILES string of the molecule is CC1(CC(=O)O)CC=CC=C1c1ccccc1. The Morgan fingerprint density at radius 3 is 2.71 bits per heavy atom. The molecule has 0 aliphatic heterocycles. The summed E-state index contributed by atoms with van der Waals surface area (Å²) in [5.41, 5.74) is 1.92. The van der Waals surface area contributed by atoms with Crippen LogP contribution in [-0.2, 0) is 4.79 Å². The minimum Gasteiger partial charge on any atom is -0.481 e. The highest BCUT2D eigenvalue weighted by atomic mass is 16.4. The molecule has 0 aromatic heterocycles. The van der Waals surface area contributed by atoms with Crippen LogP contribution in [0, 0.1) is 5.41 Å². The molecule has 0 saturated heterocycles. The van der Waals surface area contributed by atoms with Crippen LogP contribution in [0.1, 0.15) is 25.3 Å². The maximum Gasteiger partial charge on any atom is 0.304 e. The number of aliphatic carboxylic acids is 1. The molecule has 1 aromatic rings. The monoisotopic (exact) mass is 228 g/mol. The number of carboxylic acids is 1. The molecular formula is C15H16O2. The number of carbonyl (C=O) groups is 1. The predicted molar refractivity (Wildman–Crippen MR) is 68.5 cm³/mol. The molecule has 1 unspecified atom stereocenters. The third-order valence-electron chi connectivity index (χ3n) is 3.24. The minimum absolute atomic E-state index is 0.165. The number of rotatable bonds is 3. The van der Waals surface area contributed by atoms with Gasteiger partial charge in [0.2, 0.25) is 0 Å². The second kappa shape index (κ2) is 4.58. The third-order valence-corrected chi connectivity index (χ3v) is 3.24. The molecule has 2 heteroatoms. The van der Waals surface area contributed by atoms with Crippen molar-refractivity contribution in [3.8, 4) is 0 Å². The van der Waals surface area contributed by atoms with Crippen LogP contribution >= 0.6 is 0 Å². The molecule has 1 aliphatic carbocycles. The van der Waals surface area contributed by atoms with E-state index in [1.807, 2.05) is 55.5 Å². The second-order valence-electron chi connectivity index (χ2n) is 4.71. The van der Waals surface area contributed by atoms with E-state index in [2.05, 4.69) is 0 Å². The van der Waals surface area contributed by atoms with Crippen molar-refractivity contribution < 1.29 is 9.90 Å². The molecule has 1 aromatic carbocycles. The molecule has 0 amide bonds. The molecule has 0 bridgehead atoms. The van der Waals surface area contributed by atoms with Gasteiger partial charge in [0.05, 0.1) is 6.42 Å². The molecule has 0 fully saturated rings. The van der Waals surface area contributed by atoms with E-state index < -0.39 is 5.97 Å². The lowest BCUT2D eigenvalue weighted by Gasteiger charge is -2.32. The van der Waals surface area contributed by atoms with Crippen molar-refractivity contribution in [2.75, 3.05) is 0 Å². The number of carboxylic acid groups (broad SMARTS) is 1. The van der Waals surface area contributed by atoms with Gasteiger partial charge in [-0.3, -0.25) is 4.79 Å². The molecule has 0 saturated carbocycles. The maximum atomic E-state index is 11.0. The zero-order valence-corrected chi connectivity index (χ0v) is 9.89. The predicted octanol–water partition coefficient (Wildman–Crippen LogP) is 3.51. The molecule has 1 atom stereocenters. The summed E-state index contributed by atoms with van der Waals surface area (Å²) in [5, 5.41) is 9.04. The van der Waals surface area contributed by atoms with Crippen LogP contribution in [0.25, 0.3) is 5.57 Å². The Morgan fingerprint density at radius 1 is 1.35 bits per heavy atom. The van der Waals surface area contributed by atoms with Crippen molar-refractivity contribution in [2.24, 2.45) is 5.41 Å². The van der Waals surface area contributed by atoms with Crippen LogP contribution in [0.4, 0.5) is 0 Å². The van der Waals surface area contributed by atoms with Gasteiger partial charge in [0.15, 0.2) is 0 Å². The Labute approximate surface area is 101 Å². The Kier molecular flexibility index (Phi) is 3.14. The van der Waals surface area contributed by atoms with Crippen molar-refractivity contribution in [3.63, 3.8) is 0 Å². The molecule has 2 nitrogen and oxygen atoms in total. The fourth-order valence-corrected chi connectivity index (χ4v) is 2.37. The lowest BCUT2D eigenvalue weighted by atomic mass is 9.71. The van der Waals surface area contributed by atoms with Gasteiger partial charge < -0.3 is 5.11 Å². The summed E-state index contributed by atoms with van der Waals surface area (Å²) in [6, 6.07) is 10.00. The average Bonchev–Trinajstić information content (AvgIpc) is 2.29. The minimum atomic E-state index is -0.746. The summed E-state index contributed by atoms with van der Waals surface area (Å²) in [6.07, 6.45) is 7.02. The van der Waals surface area contributed by atoms with Gasteiger partial charge in [-0.2, -0.15) is 0 Å². The second-order valence-corrected chi connectivity index (χ2v) is 4.71. The highest BCUT2D eigenvalue weighted by Crippen LogP contribution is 2.43. The first-order valence-corrected chi connectivity index (χ1v) is 5.76. The fourth-order valence-electron chi connectivity index (χ4n) is 2.37. The molecular weight excluding hydrogens is 212 g/mol. The number of hydrogen-bond acceptors (Lipinski definition) is 1. The maximum absolute atomic E-state index is 11.0. The zero-order valence-electron chi connectivity index (χ0n) is 9.89. The van der Waals surface area contributed by atoms with E-state index in [9.17, 15) is 4.79 Å². The Bertz CT molecular complexity index is 471. The summed E-state index contributed by atoms with van der Waals surface area (Å²) >= 11 is 0. The molecule has 17 heavy (non-hydrogen) atoms. The zero-order chi connectivity index (χ0) is 12.3. The van der Waals surface area contributed by atoms with E-state index in [0.29, 0.717) is 0 Å². The van der Waals surface area contributed by atoms with Gasteiger partial charge in [-0.25, -0.2) is 0 Å². The summed E-state index contributed by atoms with van der Waals surface area (Å²) in [5.74, 6) is -0.746. The summed E-state index contributed by atoms with van der Waals surface area (Å²) in [6.45, 7) is 2.02. The van der Waals surface area contributed by atoms with Crippen molar-refractivity contribution in [2.45, 2.75) is 19.8 Å². The molecule has 0 radical (unpaired) electrons. The third kappa shape index (κ3) is 2.47. The van der Waals surface area contributed by atoms with Crippen molar-refractivity contribution in [1.82, 2.24) is 0 Å². The van der Waals surface area contributed by atoms with Crippen LogP contribution in [-0.4, -0.2) is 11.1 Å². The van der Waals surface area contributed by atoms with Gasteiger partial charge in [0.1, 0.15) is 0 Å². The smallest absolute Gasteiger partial charge is 0.304 e. The molecule has 1 N–H and O–H groups in total. The van der Waals surface area contributed by atoms with E-state index in [4.69, 9.17) is 5.11 Å². The lowest BCUT2D eigenvalue weighted by Crippen LogP contribution is -2.23. The van der Waals surface area contributed by atoms with E-state index in [0.717, 1.165) is 17.6 Å². The summed E-state index contributed by atoms with van der Waals surface area (Å²) in [7, 11) is 0. The van der Waals surface area contributed by atoms with Crippen LogP contribution in [0.5, 0.6) is 0 Å². The Hall–Kier alpha value is -1.83.